The van der Waals surface area contributed by atoms with E-state index in [1.54, 1.807) is 0 Å². The highest BCUT2D eigenvalue weighted by Gasteiger charge is 2.43. The lowest BCUT2D eigenvalue weighted by Crippen LogP contribution is -2.18. The zero-order valence-corrected chi connectivity index (χ0v) is 12.2. The molecular weight excluding hydrogens is 362 g/mol. The lowest BCUT2D eigenvalue weighted by Gasteiger charge is -2.17. The standard InChI is InChI=1S/C14H7ClF6N2O/c15-11-8(2-1-5-22-11)12(24)23-7-3-4-9(13(16,17)18)10(6-7)14(19,20)21/h1-6H,(H,23,24). The van der Waals surface area contributed by atoms with E-state index < -0.39 is 35.1 Å². The van der Waals surface area contributed by atoms with Crippen molar-refractivity contribution in [3.63, 3.8) is 0 Å². The van der Waals surface area contributed by atoms with Crippen LogP contribution in [0.1, 0.15) is 21.5 Å². The van der Waals surface area contributed by atoms with Gasteiger partial charge in [0.05, 0.1) is 16.7 Å². The largest absolute Gasteiger partial charge is 0.417 e. The molecule has 24 heavy (non-hydrogen) atoms. The molecule has 1 N–H and O–H groups in total. The quantitative estimate of drug-likeness (QED) is 0.597. The van der Waals surface area contributed by atoms with Gasteiger partial charge in [0.1, 0.15) is 5.15 Å². The molecule has 1 aromatic heterocycles. The van der Waals surface area contributed by atoms with Crippen LogP contribution in [0.5, 0.6) is 0 Å². The maximum absolute atomic E-state index is 12.8. The number of aromatic nitrogens is 1. The molecule has 128 valence electrons. The summed E-state index contributed by atoms with van der Waals surface area (Å²) in [6.45, 7) is 0. The number of alkyl halides is 6. The third-order valence-corrected chi connectivity index (χ3v) is 3.19. The first-order valence-electron chi connectivity index (χ1n) is 6.20. The molecular formula is C14H7ClF6N2O. The first-order chi connectivity index (χ1) is 11.0. The number of pyridine rings is 1. The van der Waals surface area contributed by atoms with Crippen LogP contribution in [0.2, 0.25) is 5.15 Å². The lowest BCUT2D eigenvalue weighted by atomic mass is 10.1. The van der Waals surface area contributed by atoms with Crippen LogP contribution in [0.15, 0.2) is 36.5 Å². The summed E-state index contributed by atoms with van der Waals surface area (Å²) in [5, 5.41) is 1.86. The zero-order valence-electron chi connectivity index (χ0n) is 11.5. The Kier molecular flexibility index (Phi) is 4.75. The average Bonchev–Trinajstić information content (AvgIpc) is 2.45. The monoisotopic (exact) mass is 368 g/mol. The van der Waals surface area contributed by atoms with E-state index in [2.05, 4.69) is 10.3 Å². The summed E-state index contributed by atoms with van der Waals surface area (Å²) in [4.78, 5) is 15.6. The van der Waals surface area contributed by atoms with Crippen LogP contribution in [-0.4, -0.2) is 10.9 Å². The van der Waals surface area contributed by atoms with Gasteiger partial charge in [-0.25, -0.2) is 4.98 Å². The average molecular weight is 369 g/mol. The molecule has 10 heteroatoms. The molecule has 0 aliphatic heterocycles. The number of halogens is 7. The van der Waals surface area contributed by atoms with E-state index in [1.807, 2.05) is 0 Å². The molecule has 0 saturated heterocycles. The van der Waals surface area contributed by atoms with Crippen LogP contribution in [0.3, 0.4) is 0 Å². The predicted octanol–water partition coefficient (Wildman–Crippen LogP) is 5.02. The smallest absolute Gasteiger partial charge is 0.322 e. The molecule has 0 bridgehead atoms. The van der Waals surface area contributed by atoms with E-state index in [9.17, 15) is 31.1 Å². The highest BCUT2D eigenvalue weighted by atomic mass is 35.5. The minimum Gasteiger partial charge on any atom is -0.322 e. The third-order valence-electron chi connectivity index (χ3n) is 2.89. The normalized spacial score (nSPS) is 12.1. The molecule has 0 unspecified atom stereocenters. The van der Waals surface area contributed by atoms with Crippen molar-refractivity contribution in [1.82, 2.24) is 4.98 Å². The fourth-order valence-electron chi connectivity index (χ4n) is 1.86. The third kappa shape index (κ3) is 3.97. The highest BCUT2D eigenvalue weighted by Crippen LogP contribution is 2.41. The zero-order chi connectivity index (χ0) is 18.1. The van der Waals surface area contributed by atoms with Crippen molar-refractivity contribution in [2.45, 2.75) is 12.4 Å². The van der Waals surface area contributed by atoms with Crippen LogP contribution in [-0.2, 0) is 12.4 Å². The van der Waals surface area contributed by atoms with Crippen LogP contribution >= 0.6 is 11.6 Å². The first kappa shape index (κ1) is 18.1. The number of hydrogen-bond donors (Lipinski definition) is 1. The Hall–Kier alpha value is -2.29. The molecule has 0 atom stereocenters. The SMILES string of the molecule is O=C(Nc1ccc(C(F)(F)F)c(C(F)(F)F)c1)c1cccnc1Cl. The lowest BCUT2D eigenvalue weighted by molar-refractivity contribution is -0.162. The second kappa shape index (κ2) is 6.31. The van der Waals surface area contributed by atoms with Gasteiger partial charge < -0.3 is 5.32 Å². The minimum absolute atomic E-state index is 0.132. The van der Waals surface area contributed by atoms with Crippen molar-refractivity contribution in [2.24, 2.45) is 0 Å². The summed E-state index contributed by atoms with van der Waals surface area (Å²) in [6, 6.07) is 3.82. The molecule has 0 spiro atoms. The number of hydrogen-bond acceptors (Lipinski definition) is 2. The number of amides is 1. The molecule has 0 aliphatic rings. The number of anilines is 1. The maximum atomic E-state index is 12.8. The fraction of sp³-hybridized carbons (Fsp3) is 0.143. The van der Waals surface area contributed by atoms with Gasteiger partial charge >= 0.3 is 12.4 Å². The van der Waals surface area contributed by atoms with E-state index in [0.717, 1.165) is 6.07 Å². The van der Waals surface area contributed by atoms with E-state index in [1.165, 1.54) is 18.3 Å². The van der Waals surface area contributed by atoms with Crippen LogP contribution in [0.25, 0.3) is 0 Å². The first-order valence-corrected chi connectivity index (χ1v) is 6.58. The molecule has 0 radical (unpaired) electrons. The predicted molar refractivity (Wildman–Crippen MR) is 73.6 cm³/mol. The Morgan fingerprint density at radius 3 is 2.17 bits per heavy atom. The van der Waals surface area contributed by atoms with E-state index in [4.69, 9.17) is 11.6 Å². The van der Waals surface area contributed by atoms with Crippen LogP contribution in [0.4, 0.5) is 32.0 Å². The second-order valence-electron chi connectivity index (χ2n) is 4.55. The summed E-state index contributed by atoms with van der Waals surface area (Å²) in [5.74, 6) is -0.902. The van der Waals surface area contributed by atoms with Gasteiger partial charge in [0.2, 0.25) is 0 Å². The van der Waals surface area contributed by atoms with Crippen molar-refractivity contribution in [3.05, 3.63) is 58.4 Å². The molecule has 1 heterocycles. The van der Waals surface area contributed by atoms with Gasteiger partial charge in [0.15, 0.2) is 0 Å². The molecule has 2 aromatic rings. The Morgan fingerprint density at radius 1 is 1.00 bits per heavy atom. The van der Waals surface area contributed by atoms with Crippen molar-refractivity contribution in [3.8, 4) is 0 Å². The molecule has 2 rings (SSSR count). The van der Waals surface area contributed by atoms with Crippen LogP contribution < -0.4 is 5.32 Å². The molecule has 3 nitrogen and oxygen atoms in total. The Morgan fingerprint density at radius 2 is 1.62 bits per heavy atom. The topological polar surface area (TPSA) is 42.0 Å². The molecule has 1 aromatic carbocycles. The highest BCUT2D eigenvalue weighted by molar-refractivity contribution is 6.33. The van der Waals surface area contributed by atoms with Gasteiger partial charge in [-0.3, -0.25) is 4.79 Å². The Balaban J connectivity index is 2.39. The van der Waals surface area contributed by atoms with Gasteiger partial charge in [-0.15, -0.1) is 0 Å². The number of nitrogens with zero attached hydrogens (tertiary/aromatic N) is 1. The maximum Gasteiger partial charge on any atom is 0.417 e. The molecule has 0 saturated carbocycles. The van der Waals surface area contributed by atoms with E-state index in [-0.39, 0.29) is 22.8 Å². The van der Waals surface area contributed by atoms with E-state index >= 15 is 0 Å². The summed E-state index contributed by atoms with van der Waals surface area (Å²) in [5.41, 5.74) is -4.33. The summed E-state index contributed by atoms with van der Waals surface area (Å²) >= 11 is 5.67. The van der Waals surface area contributed by atoms with Gasteiger partial charge in [0, 0.05) is 11.9 Å². The number of nitrogens with one attached hydrogen (secondary N) is 1. The van der Waals surface area contributed by atoms with Gasteiger partial charge in [-0.2, -0.15) is 26.3 Å². The summed E-state index contributed by atoms with van der Waals surface area (Å²) in [6.07, 6.45) is -9.13. The Bertz CT molecular complexity index is 773. The summed E-state index contributed by atoms with van der Waals surface area (Å²) < 4.78 is 76.6. The van der Waals surface area contributed by atoms with Crippen molar-refractivity contribution in [2.75, 3.05) is 5.32 Å². The number of rotatable bonds is 2. The summed E-state index contributed by atoms with van der Waals surface area (Å²) in [7, 11) is 0. The van der Waals surface area contributed by atoms with Gasteiger partial charge in [0.25, 0.3) is 5.91 Å². The molecule has 1 amide bonds. The van der Waals surface area contributed by atoms with Crippen LogP contribution in [0, 0.1) is 0 Å². The molecule has 0 aliphatic carbocycles. The van der Waals surface area contributed by atoms with Crippen molar-refractivity contribution in [1.29, 1.82) is 0 Å². The second-order valence-corrected chi connectivity index (χ2v) is 4.91. The number of carbonyl (C=O) groups is 1. The number of carbonyl (C=O) groups excluding carboxylic acids is 1. The van der Waals surface area contributed by atoms with Gasteiger partial charge in [-0.1, -0.05) is 11.6 Å². The minimum atomic E-state index is -5.24. The van der Waals surface area contributed by atoms with E-state index in [0.29, 0.717) is 0 Å². The number of benzene rings is 1. The van der Waals surface area contributed by atoms with Crippen molar-refractivity contribution < 1.29 is 31.1 Å². The van der Waals surface area contributed by atoms with Gasteiger partial charge in [-0.05, 0) is 30.3 Å². The molecule has 0 fully saturated rings. The fourth-order valence-corrected chi connectivity index (χ4v) is 2.06. The van der Waals surface area contributed by atoms with Crippen molar-refractivity contribution >= 4 is 23.2 Å². The Labute approximate surface area is 136 Å².